The summed E-state index contributed by atoms with van der Waals surface area (Å²) in [5.41, 5.74) is 1.07. The summed E-state index contributed by atoms with van der Waals surface area (Å²) in [7, 11) is 0. The van der Waals surface area contributed by atoms with Gasteiger partial charge in [-0.25, -0.2) is 4.39 Å². The molecule has 1 aliphatic heterocycles. The fourth-order valence-corrected chi connectivity index (χ4v) is 2.67. The molecule has 3 N–H and O–H groups in total. The molecule has 25 heavy (non-hydrogen) atoms. The Hall–Kier alpha value is -1.38. The average molecular weight is 370 g/mol. The van der Waals surface area contributed by atoms with Gasteiger partial charge < -0.3 is 24.8 Å². The molecule has 0 saturated carbocycles. The van der Waals surface area contributed by atoms with Crippen molar-refractivity contribution in [2.75, 3.05) is 12.9 Å². The lowest BCUT2D eigenvalue weighted by atomic mass is 10.0. The highest BCUT2D eigenvalue weighted by Crippen LogP contribution is 2.26. The van der Waals surface area contributed by atoms with Crippen molar-refractivity contribution < 1.29 is 29.2 Å². The first-order chi connectivity index (χ1) is 12.1. The number of allylic oxidation sites excluding steroid dienone is 2. The van der Waals surface area contributed by atoms with Gasteiger partial charge in [-0.2, -0.15) is 0 Å². The van der Waals surface area contributed by atoms with E-state index < -0.39 is 37.4 Å². The number of halogens is 1. The Morgan fingerprint density at radius 3 is 2.64 bits per heavy atom. The molecule has 0 bridgehead atoms. The predicted octanol–water partition coefficient (Wildman–Crippen LogP) is 1.78. The summed E-state index contributed by atoms with van der Waals surface area (Å²) < 4.78 is 24.7. The molecule has 0 radical (unpaired) electrons. The Bertz CT molecular complexity index is 578. The highest BCUT2D eigenvalue weighted by molar-refractivity contribution is 8.01. The van der Waals surface area contributed by atoms with Crippen LogP contribution in [0.3, 0.4) is 0 Å². The van der Waals surface area contributed by atoms with Gasteiger partial charge in [0.05, 0.1) is 6.61 Å². The topological polar surface area (TPSA) is 79.2 Å². The molecule has 1 fully saturated rings. The van der Waals surface area contributed by atoms with Crippen LogP contribution in [-0.4, -0.2) is 59.0 Å². The van der Waals surface area contributed by atoms with E-state index in [9.17, 15) is 14.6 Å². The van der Waals surface area contributed by atoms with Gasteiger partial charge in [0.1, 0.15) is 24.1 Å². The SMILES string of the molecule is CS/C=C\C(=C\Cc1ccccc1)OC1OC(CO)C(F)C(O)C1O. The highest BCUT2D eigenvalue weighted by atomic mass is 32.2. The van der Waals surface area contributed by atoms with Crippen LogP contribution in [0.4, 0.5) is 4.39 Å². The van der Waals surface area contributed by atoms with Gasteiger partial charge in [0.15, 0.2) is 6.17 Å². The largest absolute Gasteiger partial charge is 0.462 e. The van der Waals surface area contributed by atoms with Gasteiger partial charge in [-0.3, -0.25) is 0 Å². The first-order valence-electron chi connectivity index (χ1n) is 7.93. The zero-order valence-corrected chi connectivity index (χ0v) is 14.7. The van der Waals surface area contributed by atoms with Crippen molar-refractivity contribution in [1.29, 1.82) is 0 Å². The summed E-state index contributed by atoms with van der Waals surface area (Å²) in [5.74, 6) is 0.420. The molecule has 0 aliphatic carbocycles. The molecule has 2 rings (SSSR count). The van der Waals surface area contributed by atoms with E-state index in [-0.39, 0.29) is 0 Å². The molecule has 1 aliphatic rings. The monoisotopic (exact) mass is 370 g/mol. The minimum absolute atomic E-state index is 0.420. The Morgan fingerprint density at radius 2 is 2.00 bits per heavy atom. The third-order valence-electron chi connectivity index (χ3n) is 3.80. The molecular weight excluding hydrogens is 347 g/mol. The summed E-state index contributed by atoms with van der Waals surface area (Å²) in [6.45, 7) is -0.617. The third-order valence-corrected chi connectivity index (χ3v) is 4.21. The van der Waals surface area contributed by atoms with Crippen LogP contribution in [0.5, 0.6) is 0 Å². The van der Waals surface area contributed by atoms with Crippen molar-refractivity contribution in [3.05, 3.63) is 59.2 Å². The summed E-state index contributed by atoms with van der Waals surface area (Å²) in [5, 5.41) is 30.7. The lowest BCUT2D eigenvalue weighted by Gasteiger charge is -2.38. The zero-order valence-electron chi connectivity index (χ0n) is 13.9. The minimum atomic E-state index is -1.88. The van der Waals surface area contributed by atoms with Crippen LogP contribution in [0.2, 0.25) is 0 Å². The van der Waals surface area contributed by atoms with Gasteiger partial charge in [0, 0.05) is 0 Å². The van der Waals surface area contributed by atoms with Crippen molar-refractivity contribution in [3.8, 4) is 0 Å². The second-order valence-corrected chi connectivity index (χ2v) is 6.35. The molecule has 5 unspecified atom stereocenters. The maximum atomic E-state index is 13.8. The van der Waals surface area contributed by atoms with E-state index in [2.05, 4.69) is 0 Å². The van der Waals surface area contributed by atoms with Crippen LogP contribution in [0.25, 0.3) is 0 Å². The summed E-state index contributed by atoms with van der Waals surface area (Å²) >= 11 is 1.47. The average Bonchev–Trinajstić information content (AvgIpc) is 2.64. The van der Waals surface area contributed by atoms with Crippen molar-refractivity contribution in [1.82, 2.24) is 0 Å². The van der Waals surface area contributed by atoms with E-state index in [0.717, 1.165) is 5.56 Å². The van der Waals surface area contributed by atoms with E-state index in [1.54, 1.807) is 17.6 Å². The van der Waals surface area contributed by atoms with E-state index in [1.807, 2.05) is 36.6 Å². The highest BCUT2D eigenvalue weighted by Gasteiger charge is 2.45. The fraction of sp³-hybridized carbons (Fsp3) is 0.444. The molecule has 1 aromatic rings. The molecular formula is C18H23FO5S. The van der Waals surface area contributed by atoms with E-state index in [4.69, 9.17) is 14.6 Å². The summed E-state index contributed by atoms with van der Waals surface area (Å²) in [6, 6.07) is 9.72. The maximum absolute atomic E-state index is 13.8. The Morgan fingerprint density at radius 1 is 1.28 bits per heavy atom. The third kappa shape index (κ3) is 5.55. The Labute approximate surface area is 150 Å². The molecule has 0 aromatic heterocycles. The Kier molecular flexibility index (Phi) is 7.92. The lowest BCUT2D eigenvalue weighted by molar-refractivity contribution is -0.279. The first-order valence-corrected chi connectivity index (χ1v) is 9.22. The second kappa shape index (κ2) is 9.94. The van der Waals surface area contributed by atoms with Crippen LogP contribution < -0.4 is 0 Å². The molecule has 0 spiro atoms. The second-order valence-electron chi connectivity index (χ2n) is 5.60. The predicted molar refractivity (Wildman–Crippen MR) is 94.6 cm³/mol. The number of ether oxygens (including phenoxy) is 2. The number of rotatable bonds is 7. The van der Waals surface area contributed by atoms with E-state index in [0.29, 0.717) is 12.2 Å². The maximum Gasteiger partial charge on any atom is 0.229 e. The quantitative estimate of drug-likeness (QED) is 0.502. The van der Waals surface area contributed by atoms with Gasteiger partial charge in [-0.05, 0) is 35.8 Å². The molecule has 1 heterocycles. The molecule has 5 atom stereocenters. The molecule has 7 heteroatoms. The van der Waals surface area contributed by atoms with Crippen LogP contribution >= 0.6 is 11.8 Å². The van der Waals surface area contributed by atoms with Crippen LogP contribution in [0.1, 0.15) is 5.56 Å². The number of hydrogen-bond acceptors (Lipinski definition) is 6. The standard InChI is InChI=1S/C18H23FO5S/c1-25-10-9-13(8-7-12-5-3-2-4-6-12)23-18-17(22)16(21)15(19)14(11-20)24-18/h2-6,8-10,14-18,20-22H,7,11H2,1H3/b10-9-,13-8-. The first kappa shape index (κ1) is 19.9. The van der Waals surface area contributed by atoms with Crippen molar-refractivity contribution in [2.45, 2.75) is 37.2 Å². The van der Waals surface area contributed by atoms with Gasteiger partial charge in [-0.1, -0.05) is 30.3 Å². The number of aliphatic hydroxyl groups is 3. The zero-order chi connectivity index (χ0) is 18.2. The van der Waals surface area contributed by atoms with Crippen LogP contribution in [-0.2, 0) is 15.9 Å². The molecule has 138 valence electrons. The van der Waals surface area contributed by atoms with Crippen molar-refractivity contribution >= 4 is 11.8 Å². The van der Waals surface area contributed by atoms with Gasteiger partial charge in [0.2, 0.25) is 6.29 Å². The molecule has 5 nitrogen and oxygen atoms in total. The fourth-order valence-electron chi connectivity index (χ4n) is 2.40. The Balaban J connectivity index is 2.11. The van der Waals surface area contributed by atoms with Crippen molar-refractivity contribution in [2.24, 2.45) is 0 Å². The number of thioether (sulfide) groups is 1. The van der Waals surface area contributed by atoms with E-state index in [1.165, 1.54) is 11.8 Å². The number of benzene rings is 1. The summed E-state index contributed by atoms with van der Waals surface area (Å²) in [6.07, 6.45) is -1.65. The number of hydrogen-bond donors (Lipinski definition) is 3. The lowest BCUT2D eigenvalue weighted by Crippen LogP contribution is -2.57. The van der Waals surface area contributed by atoms with Crippen molar-refractivity contribution in [3.63, 3.8) is 0 Å². The smallest absolute Gasteiger partial charge is 0.229 e. The van der Waals surface area contributed by atoms with Crippen LogP contribution in [0.15, 0.2) is 53.7 Å². The minimum Gasteiger partial charge on any atom is -0.462 e. The molecule has 1 saturated heterocycles. The molecule has 1 aromatic carbocycles. The van der Waals surface area contributed by atoms with Gasteiger partial charge in [0.25, 0.3) is 0 Å². The summed E-state index contributed by atoms with van der Waals surface area (Å²) in [4.78, 5) is 0. The normalized spacial score (nSPS) is 30.6. The van der Waals surface area contributed by atoms with Gasteiger partial charge >= 0.3 is 0 Å². The van der Waals surface area contributed by atoms with Gasteiger partial charge in [-0.15, -0.1) is 11.8 Å². The number of alkyl halides is 1. The number of aliphatic hydroxyl groups excluding tert-OH is 3. The van der Waals surface area contributed by atoms with Crippen LogP contribution in [0, 0.1) is 0 Å². The van der Waals surface area contributed by atoms with E-state index >= 15 is 0 Å². The molecule has 0 amide bonds.